The lowest BCUT2D eigenvalue weighted by Crippen LogP contribution is -2.33. The molecule has 4 nitrogen and oxygen atoms in total. The summed E-state index contributed by atoms with van der Waals surface area (Å²) in [7, 11) is 0. The van der Waals surface area contributed by atoms with E-state index in [4.69, 9.17) is 10.8 Å². The Hall–Kier alpha value is -0.610. The molecule has 0 aromatic carbocycles. The Morgan fingerprint density at radius 3 is 2.83 bits per heavy atom. The largest absolute Gasteiger partial charge is 0.396 e. The molecule has 0 bridgehead atoms. The predicted molar refractivity (Wildman–Crippen MR) is 47.6 cm³/mol. The summed E-state index contributed by atoms with van der Waals surface area (Å²) in [5.41, 5.74) is 5.25. The van der Waals surface area contributed by atoms with Crippen LogP contribution in [0.5, 0.6) is 0 Å². The van der Waals surface area contributed by atoms with Crippen LogP contribution in [0.25, 0.3) is 0 Å². The van der Waals surface area contributed by atoms with Crippen LogP contribution in [0, 0.1) is 0 Å². The van der Waals surface area contributed by atoms with Crippen molar-refractivity contribution in [2.75, 3.05) is 13.2 Å². The number of carbonyl (C=O) groups is 1. The lowest BCUT2D eigenvalue weighted by Gasteiger charge is -2.11. The summed E-state index contributed by atoms with van der Waals surface area (Å²) in [6, 6.07) is 0.0558. The van der Waals surface area contributed by atoms with Crippen molar-refractivity contribution in [2.45, 2.75) is 32.2 Å². The molecule has 1 atom stereocenters. The van der Waals surface area contributed by atoms with Gasteiger partial charge >= 0.3 is 0 Å². The number of hydrogen-bond donors (Lipinski definition) is 3. The van der Waals surface area contributed by atoms with Gasteiger partial charge in [0.25, 0.3) is 0 Å². The number of aliphatic hydroxyl groups excluding tert-OH is 1. The van der Waals surface area contributed by atoms with Crippen molar-refractivity contribution < 1.29 is 9.90 Å². The first-order valence-corrected chi connectivity index (χ1v) is 4.31. The Morgan fingerprint density at radius 2 is 2.33 bits per heavy atom. The van der Waals surface area contributed by atoms with E-state index >= 15 is 0 Å². The van der Waals surface area contributed by atoms with Crippen LogP contribution in [0.3, 0.4) is 0 Å². The standard InChI is InChI=1S/C8H18N2O2/c1-7(4-6-11)10-8(12)3-2-5-9/h7,11H,2-6,9H2,1H3,(H,10,12). The highest BCUT2D eigenvalue weighted by atomic mass is 16.3. The zero-order chi connectivity index (χ0) is 9.40. The van der Waals surface area contributed by atoms with Gasteiger partial charge in [-0.2, -0.15) is 0 Å². The minimum Gasteiger partial charge on any atom is -0.396 e. The SMILES string of the molecule is CC(CCO)NC(=O)CCCN. The summed E-state index contributed by atoms with van der Waals surface area (Å²) in [5, 5.41) is 11.3. The number of carbonyl (C=O) groups excluding carboxylic acids is 1. The molecular weight excluding hydrogens is 156 g/mol. The minimum absolute atomic E-state index is 0.0152. The molecule has 1 amide bonds. The summed E-state index contributed by atoms with van der Waals surface area (Å²) in [6.45, 7) is 2.52. The molecule has 0 fully saturated rings. The molecule has 1 unspecified atom stereocenters. The second-order valence-electron chi connectivity index (χ2n) is 2.87. The zero-order valence-corrected chi connectivity index (χ0v) is 7.55. The highest BCUT2D eigenvalue weighted by molar-refractivity contribution is 5.76. The minimum atomic E-state index is 0.0152. The van der Waals surface area contributed by atoms with Crippen molar-refractivity contribution in [1.29, 1.82) is 0 Å². The van der Waals surface area contributed by atoms with Gasteiger partial charge in [-0.1, -0.05) is 0 Å². The normalized spacial score (nSPS) is 12.6. The molecule has 0 saturated heterocycles. The number of nitrogens with one attached hydrogen (secondary N) is 1. The predicted octanol–water partition coefficient (Wildman–Crippen LogP) is -0.388. The quantitative estimate of drug-likeness (QED) is 0.513. The van der Waals surface area contributed by atoms with Gasteiger partial charge in [-0.05, 0) is 26.3 Å². The topological polar surface area (TPSA) is 75.3 Å². The second-order valence-corrected chi connectivity index (χ2v) is 2.87. The molecule has 0 radical (unpaired) electrons. The number of nitrogens with two attached hydrogens (primary N) is 1. The molecule has 0 aliphatic carbocycles. The van der Waals surface area contributed by atoms with E-state index < -0.39 is 0 Å². The molecule has 0 heterocycles. The third-order valence-electron chi connectivity index (χ3n) is 1.58. The highest BCUT2D eigenvalue weighted by Crippen LogP contribution is 1.91. The summed E-state index contributed by atoms with van der Waals surface area (Å²) in [4.78, 5) is 11.0. The van der Waals surface area contributed by atoms with Gasteiger partial charge in [-0.3, -0.25) is 4.79 Å². The highest BCUT2D eigenvalue weighted by Gasteiger charge is 2.05. The fraction of sp³-hybridized carbons (Fsp3) is 0.875. The van der Waals surface area contributed by atoms with E-state index in [1.165, 1.54) is 0 Å². The molecule has 0 saturated carbocycles. The van der Waals surface area contributed by atoms with Crippen LogP contribution in [-0.4, -0.2) is 30.2 Å². The summed E-state index contributed by atoms with van der Waals surface area (Å²) < 4.78 is 0. The van der Waals surface area contributed by atoms with Crippen molar-refractivity contribution in [3.63, 3.8) is 0 Å². The summed E-state index contributed by atoms with van der Waals surface area (Å²) in [5.74, 6) is 0.0152. The zero-order valence-electron chi connectivity index (χ0n) is 7.55. The first kappa shape index (κ1) is 11.4. The van der Waals surface area contributed by atoms with Crippen LogP contribution in [0.1, 0.15) is 26.2 Å². The van der Waals surface area contributed by atoms with Gasteiger partial charge < -0.3 is 16.2 Å². The molecule has 72 valence electrons. The molecule has 0 aromatic rings. The fourth-order valence-electron chi connectivity index (χ4n) is 0.875. The molecule has 0 rings (SSSR count). The van der Waals surface area contributed by atoms with Gasteiger partial charge in [-0.25, -0.2) is 0 Å². The Balaban J connectivity index is 3.40. The Morgan fingerprint density at radius 1 is 1.67 bits per heavy atom. The first-order chi connectivity index (χ1) is 5.70. The van der Waals surface area contributed by atoms with Crippen LogP contribution in [-0.2, 0) is 4.79 Å². The summed E-state index contributed by atoms with van der Waals surface area (Å²) >= 11 is 0. The molecule has 0 spiro atoms. The Bertz CT molecular complexity index is 128. The molecule has 4 N–H and O–H groups in total. The van der Waals surface area contributed by atoms with Gasteiger partial charge in [0, 0.05) is 19.1 Å². The maximum atomic E-state index is 11.0. The van der Waals surface area contributed by atoms with E-state index in [0.29, 0.717) is 19.4 Å². The lowest BCUT2D eigenvalue weighted by molar-refractivity contribution is -0.121. The van der Waals surface area contributed by atoms with Crippen molar-refractivity contribution in [3.05, 3.63) is 0 Å². The van der Waals surface area contributed by atoms with Crippen molar-refractivity contribution in [1.82, 2.24) is 5.32 Å². The van der Waals surface area contributed by atoms with Gasteiger partial charge in [0.15, 0.2) is 0 Å². The van der Waals surface area contributed by atoms with E-state index in [9.17, 15) is 4.79 Å². The molecule has 0 aliphatic heterocycles. The van der Waals surface area contributed by atoms with Crippen molar-refractivity contribution in [2.24, 2.45) is 5.73 Å². The number of aliphatic hydroxyl groups is 1. The van der Waals surface area contributed by atoms with E-state index in [-0.39, 0.29) is 18.6 Å². The van der Waals surface area contributed by atoms with Crippen LogP contribution in [0.15, 0.2) is 0 Å². The average molecular weight is 174 g/mol. The average Bonchev–Trinajstić information content (AvgIpc) is 2.01. The first-order valence-electron chi connectivity index (χ1n) is 4.31. The van der Waals surface area contributed by atoms with Crippen molar-refractivity contribution in [3.8, 4) is 0 Å². The molecule has 12 heavy (non-hydrogen) atoms. The maximum Gasteiger partial charge on any atom is 0.220 e. The number of hydrogen-bond acceptors (Lipinski definition) is 3. The lowest BCUT2D eigenvalue weighted by atomic mass is 10.2. The van der Waals surface area contributed by atoms with Gasteiger partial charge in [-0.15, -0.1) is 0 Å². The van der Waals surface area contributed by atoms with E-state index in [0.717, 1.165) is 6.42 Å². The van der Waals surface area contributed by atoms with Crippen LogP contribution in [0.4, 0.5) is 0 Å². The Labute approximate surface area is 73.1 Å². The van der Waals surface area contributed by atoms with Gasteiger partial charge in [0.2, 0.25) is 5.91 Å². The smallest absolute Gasteiger partial charge is 0.220 e. The van der Waals surface area contributed by atoms with E-state index in [1.54, 1.807) is 0 Å². The van der Waals surface area contributed by atoms with Gasteiger partial charge in [0.05, 0.1) is 0 Å². The monoisotopic (exact) mass is 174 g/mol. The van der Waals surface area contributed by atoms with Crippen molar-refractivity contribution >= 4 is 5.91 Å². The summed E-state index contributed by atoms with van der Waals surface area (Å²) in [6.07, 6.45) is 1.80. The van der Waals surface area contributed by atoms with Crippen LogP contribution >= 0.6 is 0 Å². The molecule has 0 aromatic heterocycles. The molecular formula is C8H18N2O2. The maximum absolute atomic E-state index is 11.0. The van der Waals surface area contributed by atoms with Gasteiger partial charge in [0.1, 0.15) is 0 Å². The number of rotatable bonds is 6. The number of amides is 1. The fourth-order valence-corrected chi connectivity index (χ4v) is 0.875. The third-order valence-corrected chi connectivity index (χ3v) is 1.58. The Kier molecular flexibility index (Phi) is 6.70. The van der Waals surface area contributed by atoms with E-state index in [2.05, 4.69) is 5.32 Å². The second kappa shape index (κ2) is 7.06. The molecule has 0 aliphatic rings. The van der Waals surface area contributed by atoms with Crippen LogP contribution < -0.4 is 11.1 Å². The molecule has 4 heteroatoms. The van der Waals surface area contributed by atoms with Crippen LogP contribution in [0.2, 0.25) is 0 Å². The third kappa shape index (κ3) is 6.12. The van der Waals surface area contributed by atoms with E-state index in [1.807, 2.05) is 6.92 Å².